The number of aromatic amines is 1. The molecule has 0 aromatic carbocycles. The first kappa shape index (κ1) is 14.1. The van der Waals surface area contributed by atoms with Gasteiger partial charge < -0.3 is 14.7 Å². The second-order valence-electron chi connectivity index (χ2n) is 4.76. The van der Waals surface area contributed by atoms with Crippen molar-refractivity contribution < 1.29 is 9.21 Å². The molecule has 2 N–H and O–H groups in total. The molecule has 0 saturated heterocycles. The van der Waals surface area contributed by atoms with E-state index in [-0.39, 0.29) is 17.5 Å². The first-order chi connectivity index (χ1) is 9.61. The van der Waals surface area contributed by atoms with Gasteiger partial charge in [0.25, 0.3) is 11.5 Å². The fraction of sp³-hybridized carbons (Fsp3) is 0.333. The van der Waals surface area contributed by atoms with Crippen molar-refractivity contribution in [3.05, 3.63) is 46.4 Å². The number of carbonyl (C=O) groups is 1. The van der Waals surface area contributed by atoms with Gasteiger partial charge in [-0.2, -0.15) is 0 Å². The minimum atomic E-state index is -0.417. The first-order valence-electron chi connectivity index (χ1n) is 6.70. The molecule has 1 amide bonds. The maximum atomic E-state index is 12.0. The monoisotopic (exact) mass is 274 g/mol. The molecule has 20 heavy (non-hydrogen) atoms. The fourth-order valence-corrected chi connectivity index (χ4v) is 2.03. The molecule has 1 atom stereocenters. The van der Waals surface area contributed by atoms with E-state index < -0.39 is 5.56 Å². The zero-order valence-electron chi connectivity index (χ0n) is 11.6. The number of H-pyrrole nitrogens is 1. The van der Waals surface area contributed by atoms with Gasteiger partial charge in [-0.05, 0) is 37.6 Å². The van der Waals surface area contributed by atoms with Crippen molar-refractivity contribution in [2.24, 2.45) is 0 Å². The summed E-state index contributed by atoms with van der Waals surface area (Å²) in [6, 6.07) is 6.72. The Kier molecular flexibility index (Phi) is 4.40. The van der Waals surface area contributed by atoms with Crippen LogP contribution >= 0.6 is 0 Å². The lowest BCUT2D eigenvalue weighted by Crippen LogP contribution is -2.35. The standard InChI is InChI=1S/C15H18N2O3/c1-3-5-10(2)16-14(18)11-7-8-12(17-15(11)19)13-6-4-9-20-13/h4,6-10H,3,5H2,1-2H3,(H,16,18)(H,17,19). The predicted molar refractivity (Wildman–Crippen MR) is 76.6 cm³/mol. The molecule has 0 radical (unpaired) electrons. The van der Waals surface area contributed by atoms with Crippen molar-refractivity contribution in [1.29, 1.82) is 0 Å². The van der Waals surface area contributed by atoms with E-state index in [0.717, 1.165) is 12.8 Å². The van der Waals surface area contributed by atoms with Crippen molar-refractivity contribution in [2.75, 3.05) is 0 Å². The van der Waals surface area contributed by atoms with Crippen LogP contribution in [0.4, 0.5) is 0 Å². The Balaban J connectivity index is 2.18. The normalized spacial score (nSPS) is 12.1. The smallest absolute Gasteiger partial charge is 0.261 e. The SMILES string of the molecule is CCCC(C)NC(=O)c1ccc(-c2ccco2)[nH]c1=O. The topological polar surface area (TPSA) is 75.1 Å². The minimum absolute atomic E-state index is 0.0525. The molecule has 2 aromatic rings. The van der Waals surface area contributed by atoms with Gasteiger partial charge in [0.2, 0.25) is 0 Å². The van der Waals surface area contributed by atoms with Crippen LogP contribution in [-0.2, 0) is 0 Å². The molecular formula is C15H18N2O3. The van der Waals surface area contributed by atoms with E-state index in [1.165, 1.54) is 12.3 Å². The number of aromatic nitrogens is 1. The van der Waals surface area contributed by atoms with Crippen molar-refractivity contribution in [1.82, 2.24) is 10.3 Å². The van der Waals surface area contributed by atoms with Crippen LogP contribution in [0.25, 0.3) is 11.5 Å². The predicted octanol–water partition coefficient (Wildman–Crippen LogP) is 2.55. The van der Waals surface area contributed by atoms with Gasteiger partial charge in [0.1, 0.15) is 11.3 Å². The van der Waals surface area contributed by atoms with Gasteiger partial charge in [-0.15, -0.1) is 0 Å². The van der Waals surface area contributed by atoms with Crippen LogP contribution in [0.1, 0.15) is 37.0 Å². The van der Waals surface area contributed by atoms with E-state index >= 15 is 0 Å². The zero-order valence-corrected chi connectivity index (χ0v) is 11.6. The lowest BCUT2D eigenvalue weighted by atomic mass is 10.1. The van der Waals surface area contributed by atoms with E-state index in [9.17, 15) is 9.59 Å². The third kappa shape index (κ3) is 3.17. The quantitative estimate of drug-likeness (QED) is 0.879. The molecule has 1 unspecified atom stereocenters. The summed E-state index contributed by atoms with van der Waals surface area (Å²) < 4.78 is 5.20. The van der Waals surface area contributed by atoms with Crippen LogP contribution in [0.3, 0.4) is 0 Å². The van der Waals surface area contributed by atoms with Crippen molar-refractivity contribution in [3.8, 4) is 11.5 Å². The summed E-state index contributed by atoms with van der Waals surface area (Å²) >= 11 is 0. The number of rotatable bonds is 5. The van der Waals surface area contributed by atoms with Gasteiger partial charge in [0.05, 0.1) is 12.0 Å². The van der Waals surface area contributed by atoms with Crippen LogP contribution in [0.15, 0.2) is 39.7 Å². The molecule has 5 nitrogen and oxygen atoms in total. The molecule has 0 fully saturated rings. The van der Waals surface area contributed by atoms with Gasteiger partial charge in [0, 0.05) is 6.04 Å². The third-order valence-electron chi connectivity index (χ3n) is 3.04. The summed E-state index contributed by atoms with van der Waals surface area (Å²) in [5, 5.41) is 2.81. The largest absolute Gasteiger partial charge is 0.463 e. The molecule has 106 valence electrons. The van der Waals surface area contributed by atoms with Gasteiger partial charge in [-0.1, -0.05) is 13.3 Å². The zero-order chi connectivity index (χ0) is 14.5. The number of hydrogen-bond donors (Lipinski definition) is 2. The van der Waals surface area contributed by atoms with E-state index in [4.69, 9.17) is 4.42 Å². The molecule has 2 rings (SSSR count). The number of hydrogen-bond acceptors (Lipinski definition) is 3. The molecule has 2 heterocycles. The molecule has 0 aliphatic rings. The fourth-order valence-electron chi connectivity index (χ4n) is 2.03. The van der Waals surface area contributed by atoms with Crippen LogP contribution in [0.5, 0.6) is 0 Å². The Morgan fingerprint density at radius 2 is 2.20 bits per heavy atom. The van der Waals surface area contributed by atoms with E-state index in [2.05, 4.69) is 10.3 Å². The lowest BCUT2D eigenvalue weighted by Gasteiger charge is -2.12. The highest BCUT2D eigenvalue weighted by Crippen LogP contribution is 2.15. The summed E-state index contributed by atoms with van der Waals surface area (Å²) in [4.78, 5) is 26.6. The summed E-state index contributed by atoms with van der Waals surface area (Å²) in [7, 11) is 0. The van der Waals surface area contributed by atoms with Crippen molar-refractivity contribution in [3.63, 3.8) is 0 Å². The van der Waals surface area contributed by atoms with Crippen molar-refractivity contribution in [2.45, 2.75) is 32.7 Å². The average Bonchev–Trinajstić information content (AvgIpc) is 2.92. The highest BCUT2D eigenvalue weighted by Gasteiger charge is 2.14. The van der Waals surface area contributed by atoms with Crippen LogP contribution in [-0.4, -0.2) is 16.9 Å². The van der Waals surface area contributed by atoms with Gasteiger partial charge >= 0.3 is 0 Å². The number of pyridine rings is 1. The second-order valence-corrected chi connectivity index (χ2v) is 4.76. The molecule has 0 aliphatic carbocycles. The Labute approximate surface area is 117 Å². The Hall–Kier alpha value is -2.30. The van der Waals surface area contributed by atoms with Crippen LogP contribution < -0.4 is 10.9 Å². The van der Waals surface area contributed by atoms with E-state index in [1.54, 1.807) is 18.2 Å². The third-order valence-corrected chi connectivity index (χ3v) is 3.04. The second kappa shape index (κ2) is 6.23. The number of amides is 1. The molecular weight excluding hydrogens is 256 g/mol. The summed E-state index contributed by atoms with van der Waals surface area (Å²) in [5.41, 5.74) is 0.251. The van der Waals surface area contributed by atoms with E-state index in [0.29, 0.717) is 11.5 Å². The van der Waals surface area contributed by atoms with Crippen molar-refractivity contribution >= 4 is 5.91 Å². The molecule has 0 saturated carbocycles. The van der Waals surface area contributed by atoms with E-state index in [1.807, 2.05) is 13.8 Å². The number of carbonyl (C=O) groups excluding carboxylic acids is 1. The molecule has 0 bridgehead atoms. The van der Waals surface area contributed by atoms with Gasteiger partial charge in [-0.25, -0.2) is 0 Å². The maximum Gasteiger partial charge on any atom is 0.261 e. The Morgan fingerprint density at radius 3 is 2.80 bits per heavy atom. The number of nitrogens with one attached hydrogen (secondary N) is 2. The van der Waals surface area contributed by atoms with Crippen LogP contribution in [0.2, 0.25) is 0 Å². The first-order valence-corrected chi connectivity index (χ1v) is 6.70. The lowest BCUT2D eigenvalue weighted by molar-refractivity contribution is 0.0937. The molecule has 5 heteroatoms. The molecule has 0 aliphatic heterocycles. The highest BCUT2D eigenvalue weighted by atomic mass is 16.3. The van der Waals surface area contributed by atoms with Gasteiger partial charge in [0.15, 0.2) is 0 Å². The Morgan fingerprint density at radius 1 is 1.40 bits per heavy atom. The highest BCUT2D eigenvalue weighted by molar-refractivity contribution is 5.94. The minimum Gasteiger partial charge on any atom is -0.463 e. The maximum absolute atomic E-state index is 12.0. The average molecular weight is 274 g/mol. The Bertz CT molecular complexity index is 629. The summed E-state index contributed by atoms with van der Waals surface area (Å²) in [5.74, 6) is 0.214. The van der Waals surface area contributed by atoms with Gasteiger partial charge in [-0.3, -0.25) is 9.59 Å². The summed E-state index contributed by atoms with van der Waals surface area (Å²) in [6.07, 6.45) is 3.39. The molecule has 2 aromatic heterocycles. The number of furan rings is 1. The molecule has 0 spiro atoms. The summed E-state index contributed by atoms with van der Waals surface area (Å²) in [6.45, 7) is 3.97. The van der Waals surface area contributed by atoms with Crippen LogP contribution in [0, 0.1) is 0 Å².